The summed E-state index contributed by atoms with van der Waals surface area (Å²) in [5, 5.41) is 7.90. The van der Waals surface area contributed by atoms with Crippen molar-refractivity contribution in [2.45, 2.75) is 6.92 Å². The van der Waals surface area contributed by atoms with Crippen LogP contribution >= 0.6 is 0 Å². The fourth-order valence-electron chi connectivity index (χ4n) is 8.88. The summed E-state index contributed by atoms with van der Waals surface area (Å²) < 4.78 is 2.43. The van der Waals surface area contributed by atoms with Crippen molar-refractivity contribution in [2.75, 3.05) is 4.90 Å². The maximum absolute atomic E-state index is 2.77. The Balaban J connectivity index is 1.24. The summed E-state index contributed by atoms with van der Waals surface area (Å²) in [4.78, 5) is 2.39. The van der Waals surface area contributed by atoms with Crippen LogP contribution in [0.1, 0.15) is 5.56 Å². The molecule has 0 aliphatic carbocycles. The number of para-hydroxylation sites is 1. The Morgan fingerprint density at radius 1 is 0.345 bits per heavy atom. The van der Waals surface area contributed by atoms with E-state index in [4.69, 9.17) is 0 Å². The van der Waals surface area contributed by atoms with E-state index in [1.807, 2.05) is 0 Å². The summed E-state index contributed by atoms with van der Waals surface area (Å²) in [7, 11) is -2.77. The van der Waals surface area contributed by atoms with Gasteiger partial charge in [0.2, 0.25) is 0 Å². The van der Waals surface area contributed by atoms with E-state index in [2.05, 4.69) is 253 Å². The Labute approximate surface area is 341 Å². The van der Waals surface area contributed by atoms with Gasteiger partial charge in [0, 0.05) is 33.5 Å². The normalized spacial score (nSPS) is 11.5. The first-order valence-corrected chi connectivity index (χ1v) is 22.0. The van der Waals surface area contributed by atoms with E-state index in [0.29, 0.717) is 0 Å². The third kappa shape index (κ3) is 6.14. The molecule has 0 N–H and O–H groups in total. The van der Waals surface area contributed by atoms with Gasteiger partial charge < -0.3 is 9.47 Å². The van der Waals surface area contributed by atoms with Gasteiger partial charge in [-0.25, -0.2) is 0 Å². The van der Waals surface area contributed by atoms with E-state index < -0.39 is 8.07 Å². The van der Waals surface area contributed by atoms with Crippen molar-refractivity contribution in [1.29, 1.82) is 0 Å². The molecule has 0 spiro atoms. The number of hydrogen-bond donors (Lipinski definition) is 0. The minimum Gasteiger partial charge on any atom is -0.310 e. The lowest BCUT2D eigenvalue weighted by Crippen LogP contribution is -2.74. The first-order chi connectivity index (χ1) is 28.7. The van der Waals surface area contributed by atoms with Gasteiger partial charge in [-0.3, -0.25) is 0 Å². The molecule has 0 atom stereocenters. The maximum atomic E-state index is 2.52. The Hall–Kier alpha value is -7.20. The number of aryl methyl sites for hydroxylation is 1. The van der Waals surface area contributed by atoms with Crippen LogP contribution in [0, 0.1) is 6.92 Å². The van der Waals surface area contributed by atoms with Crippen LogP contribution in [0.4, 0.5) is 17.1 Å². The van der Waals surface area contributed by atoms with Gasteiger partial charge in [-0.05, 0) is 99.5 Å². The van der Waals surface area contributed by atoms with Gasteiger partial charge in [-0.2, -0.15) is 0 Å². The van der Waals surface area contributed by atoms with Crippen LogP contribution in [0.25, 0.3) is 38.6 Å². The number of rotatable bonds is 9. The van der Waals surface area contributed by atoms with Gasteiger partial charge in [0.05, 0.1) is 11.0 Å². The minimum atomic E-state index is -2.77. The Morgan fingerprint density at radius 3 is 1.29 bits per heavy atom. The van der Waals surface area contributed by atoms with Crippen molar-refractivity contribution >= 4 is 67.7 Å². The molecule has 0 unspecified atom stereocenters. The average molecular weight is 759 g/mol. The molecule has 0 aliphatic rings. The van der Waals surface area contributed by atoms with Gasteiger partial charge in [0.15, 0.2) is 8.07 Å². The average Bonchev–Trinajstić information content (AvgIpc) is 3.62. The molecule has 0 saturated heterocycles. The highest BCUT2D eigenvalue weighted by molar-refractivity contribution is 7.20. The minimum absolute atomic E-state index is 1.11. The predicted molar refractivity (Wildman–Crippen MR) is 249 cm³/mol. The molecule has 276 valence electrons. The van der Waals surface area contributed by atoms with Crippen molar-refractivity contribution in [2.24, 2.45) is 0 Å². The Kier molecular flexibility index (Phi) is 9.13. The summed E-state index contributed by atoms with van der Waals surface area (Å²) >= 11 is 0. The third-order valence-electron chi connectivity index (χ3n) is 11.6. The van der Waals surface area contributed by atoms with E-state index in [1.165, 1.54) is 59.2 Å². The quantitative estimate of drug-likeness (QED) is 0.105. The molecule has 2 nitrogen and oxygen atoms in total. The number of anilines is 3. The molecule has 0 bridgehead atoms. The SMILES string of the molecule is Cc1ccc(N(c2ccc(-c3ccccc3)cc2)c2ccc3c(c2)c2cc([Si](c4ccccc4)(c4ccccc4)c4ccccc4)ccc2n3-c2ccccc2)cc1. The molecule has 0 amide bonds. The lowest BCUT2D eigenvalue weighted by molar-refractivity contribution is 1.18. The maximum Gasteiger partial charge on any atom is 0.179 e. The molecule has 1 aromatic heterocycles. The molecule has 9 aromatic carbocycles. The second-order valence-electron chi connectivity index (χ2n) is 15.0. The summed E-state index contributed by atoms with van der Waals surface area (Å²) in [6.07, 6.45) is 0. The van der Waals surface area contributed by atoms with Gasteiger partial charge in [0.1, 0.15) is 0 Å². The molecule has 10 aromatic rings. The molecule has 58 heavy (non-hydrogen) atoms. The van der Waals surface area contributed by atoms with Crippen molar-refractivity contribution in [3.8, 4) is 16.8 Å². The summed E-state index contributed by atoms with van der Waals surface area (Å²) in [6, 6.07) is 87.1. The molecule has 0 aliphatic heterocycles. The second kappa shape index (κ2) is 15.0. The van der Waals surface area contributed by atoms with Gasteiger partial charge in [0.25, 0.3) is 0 Å². The lowest BCUT2D eigenvalue weighted by atomic mass is 10.0. The van der Waals surface area contributed by atoms with Crippen LogP contribution in [0.5, 0.6) is 0 Å². The zero-order chi connectivity index (χ0) is 38.9. The highest BCUT2D eigenvalue weighted by Gasteiger charge is 2.41. The highest BCUT2D eigenvalue weighted by atomic mass is 28.3. The molecule has 1 heterocycles. The van der Waals surface area contributed by atoms with Crippen LogP contribution in [-0.2, 0) is 0 Å². The number of benzene rings is 9. The number of hydrogen-bond acceptors (Lipinski definition) is 1. The van der Waals surface area contributed by atoms with Crippen molar-refractivity contribution < 1.29 is 0 Å². The first-order valence-electron chi connectivity index (χ1n) is 20.0. The van der Waals surface area contributed by atoms with Gasteiger partial charge in [-0.15, -0.1) is 0 Å². The summed E-state index contributed by atoms with van der Waals surface area (Å²) in [5.74, 6) is 0. The smallest absolute Gasteiger partial charge is 0.179 e. The number of fused-ring (bicyclic) bond motifs is 3. The van der Waals surface area contributed by atoms with Gasteiger partial charge in [-0.1, -0.05) is 181 Å². The second-order valence-corrected chi connectivity index (χ2v) is 18.8. The fourth-order valence-corrected chi connectivity index (χ4v) is 13.6. The lowest BCUT2D eigenvalue weighted by Gasteiger charge is -2.34. The Bertz CT molecular complexity index is 2860. The Morgan fingerprint density at radius 2 is 0.759 bits per heavy atom. The monoisotopic (exact) mass is 758 g/mol. The number of aromatic nitrogens is 1. The number of nitrogens with zero attached hydrogens (tertiary/aromatic N) is 2. The zero-order valence-corrected chi connectivity index (χ0v) is 33.4. The first kappa shape index (κ1) is 35.2. The topological polar surface area (TPSA) is 8.17 Å². The van der Waals surface area contributed by atoms with Crippen LogP contribution in [-0.4, -0.2) is 12.6 Å². The molecular weight excluding hydrogens is 717 g/mol. The molecule has 10 rings (SSSR count). The van der Waals surface area contributed by atoms with Crippen LogP contribution in [0.2, 0.25) is 0 Å². The molecule has 0 fully saturated rings. The summed E-state index contributed by atoms with van der Waals surface area (Å²) in [5.41, 5.74) is 10.5. The van der Waals surface area contributed by atoms with E-state index in [-0.39, 0.29) is 0 Å². The molecule has 0 radical (unpaired) electrons. The van der Waals surface area contributed by atoms with E-state index >= 15 is 0 Å². The van der Waals surface area contributed by atoms with Crippen LogP contribution in [0.15, 0.2) is 237 Å². The van der Waals surface area contributed by atoms with E-state index in [0.717, 1.165) is 22.7 Å². The predicted octanol–water partition coefficient (Wildman–Crippen LogP) is 11.6. The van der Waals surface area contributed by atoms with E-state index in [1.54, 1.807) is 0 Å². The van der Waals surface area contributed by atoms with Gasteiger partial charge >= 0.3 is 0 Å². The molecular formula is C55H42N2Si. The van der Waals surface area contributed by atoms with Crippen molar-refractivity contribution in [3.63, 3.8) is 0 Å². The van der Waals surface area contributed by atoms with Crippen molar-refractivity contribution in [3.05, 3.63) is 242 Å². The standard InChI is InChI=1S/C55H42N2Si/c1-41-27-31-45(32-28-41)56(46-33-29-43(30-34-46)42-17-7-2-8-18-42)47-35-37-54-52(39-47)53-40-51(36-38-55(53)57(54)44-19-9-3-10-20-44)58(48-21-11-4-12-22-48,49-23-13-5-14-24-49)50-25-15-6-16-26-50/h2-40H,1H3. The van der Waals surface area contributed by atoms with Crippen LogP contribution in [0.3, 0.4) is 0 Å². The highest BCUT2D eigenvalue weighted by Crippen LogP contribution is 2.40. The largest absolute Gasteiger partial charge is 0.310 e. The van der Waals surface area contributed by atoms with Crippen LogP contribution < -0.4 is 25.6 Å². The third-order valence-corrected chi connectivity index (χ3v) is 16.4. The molecule has 0 saturated carbocycles. The van der Waals surface area contributed by atoms with Crippen molar-refractivity contribution in [1.82, 2.24) is 4.57 Å². The fraction of sp³-hybridized carbons (Fsp3) is 0.0182. The molecule has 3 heteroatoms. The zero-order valence-electron chi connectivity index (χ0n) is 32.4. The summed E-state index contributed by atoms with van der Waals surface area (Å²) in [6.45, 7) is 2.15. The van der Waals surface area contributed by atoms with E-state index in [9.17, 15) is 0 Å².